The predicted molar refractivity (Wildman–Crippen MR) is 133 cm³/mol. The van der Waals surface area contributed by atoms with Crippen molar-refractivity contribution >= 4 is 17.3 Å². The van der Waals surface area contributed by atoms with Crippen LogP contribution in [0, 0.1) is 15.5 Å². The molecule has 0 saturated heterocycles. The fourth-order valence-corrected chi connectivity index (χ4v) is 4.96. The minimum absolute atomic E-state index is 0.0281. The summed E-state index contributed by atoms with van der Waals surface area (Å²) in [5.41, 5.74) is 1.19. The predicted octanol–water partition coefficient (Wildman–Crippen LogP) is 6.40. The molecule has 2 aliphatic rings. The average molecular weight is 484 g/mol. The van der Waals surface area contributed by atoms with Crippen LogP contribution < -0.4 is 4.74 Å². The molecule has 7 nitrogen and oxygen atoms in total. The topological polar surface area (TPSA) is 95.7 Å². The van der Waals surface area contributed by atoms with Gasteiger partial charge in [0.2, 0.25) is 5.78 Å². The van der Waals surface area contributed by atoms with Gasteiger partial charge in [0.1, 0.15) is 17.3 Å². The summed E-state index contributed by atoms with van der Waals surface area (Å²) in [6, 6.07) is 22.2. The second kappa shape index (κ2) is 9.07. The van der Waals surface area contributed by atoms with E-state index < -0.39 is 16.9 Å². The minimum Gasteiger partial charge on any atom is -0.485 e. The number of non-ortho nitro benzene ring substituents is 1. The Bertz CT molecular complexity index is 1370. The number of ether oxygens (including phenoxy) is 2. The number of Topliss-reactive ketones (excluding diaryl/α,β-unsaturated/α-hetero) is 2. The summed E-state index contributed by atoms with van der Waals surface area (Å²) in [6.45, 7) is 4.01. The number of carbonyl (C=O) groups is 2. The minimum atomic E-state index is -0.957. The largest absolute Gasteiger partial charge is 0.485 e. The van der Waals surface area contributed by atoms with Gasteiger partial charge in [-0.1, -0.05) is 44.2 Å². The lowest BCUT2D eigenvalue weighted by Gasteiger charge is -2.29. The molecule has 0 fully saturated rings. The van der Waals surface area contributed by atoms with Crippen molar-refractivity contribution < 1.29 is 24.0 Å². The van der Waals surface area contributed by atoms with Crippen LogP contribution in [0.2, 0.25) is 0 Å². The van der Waals surface area contributed by atoms with E-state index in [2.05, 4.69) is 0 Å². The maximum Gasteiger partial charge on any atom is 0.269 e. The molecule has 36 heavy (non-hydrogen) atoms. The third-order valence-corrected chi connectivity index (χ3v) is 6.58. The molecular weight excluding hydrogens is 458 g/mol. The first kappa shape index (κ1) is 23.5. The van der Waals surface area contributed by atoms with Gasteiger partial charge in [0.15, 0.2) is 11.9 Å². The molecule has 3 aromatic carbocycles. The average Bonchev–Trinajstić information content (AvgIpc) is 3.23. The van der Waals surface area contributed by atoms with Crippen LogP contribution in [0.3, 0.4) is 0 Å². The van der Waals surface area contributed by atoms with Crippen LogP contribution in [-0.4, -0.2) is 22.6 Å². The third kappa shape index (κ3) is 4.52. The molecule has 7 heteroatoms. The Morgan fingerprint density at radius 1 is 0.972 bits per heavy atom. The lowest BCUT2D eigenvalue weighted by Crippen LogP contribution is -2.29. The Morgan fingerprint density at radius 3 is 2.36 bits per heavy atom. The van der Waals surface area contributed by atoms with E-state index in [1.54, 1.807) is 0 Å². The number of nitro groups is 1. The second-order valence-corrected chi connectivity index (χ2v) is 9.95. The zero-order valence-corrected chi connectivity index (χ0v) is 20.0. The standard InChI is InChI=1S/C29H25NO6/c1-29(2)16-23(31)26-24(17-29)36-28(27(32)18-11-13-20(14-12-18)30(33)34)25(26)19-7-6-10-22(15-19)35-21-8-4-3-5-9-21/h3-15,25,28H,16-17H2,1-2H3. The summed E-state index contributed by atoms with van der Waals surface area (Å²) < 4.78 is 12.2. The lowest BCUT2D eigenvalue weighted by atomic mass is 9.72. The van der Waals surface area contributed by atoms with Gasteiger partial charge in [-0.2, -0.15) is 0 Å². The Balaban J connectivity index is 1.53. The number of allylic oxidation sites excluding steroid dienone is 1. The third-order valence-electron chi connectivity index (χ3n) is 6.58. The number of hydrogen-bond acceptors (Lipinski definition) is 6. The first-order valence-corrected chi connectivity index (χ1v) is 11.8. The fraction of sp³-hybridized carbons (Fsp3) is 0.241. The normalized spacial score (nSPS) is 20.4. The molecule has 0 spiro atoms. The Kier molecular flexibility index (Phi) is 5.92. The van der Waals surface area contributed by atoms with Crippen molar-refractivity contribution in [2.24, 2.45) is 5.41 Å². The number of rotatable bonds is 6. The number of carbonyl (C=O) groups excluding carboxylic acids is 2. The van der Waals surface area contributed by atoms with Crippen LogP contribution in [-0.2, 0) is 9.53 Å². The summed E-state index contributed by atoms with van der Waals surface area (Å²) in [5.74, 6) is 0.842. The van der Waals surface area contributed by atoms with Crippen LogP contribution in [0.4, 0.5) is 5.69 Å². The van der Waals surface area contributed by atoms with Crippen molar-refractivity contribution in [1.29, 1.82) is 0 Å². The molecule has 1 aliphatic carbocycles. The SMILES string of the molecule is CC1(C)CC(=O)C2=C(C1)OC(C(=O)c1ccc([N+](=O)[O-])cc1)C2c1cccc(Oc2ccccc2)c1. The van der Waals surface area contributed by atoms with E-state index in [9.17, 15) is 19.7 Å². The molecule has 0 N–H and O–H groups in total. The number of ketones is 2. The van der Waals surface area contributed by atoms with Crippen molar-refractivity contribution in [1.82, 2.24) is 0 Å². The van der Waals surface area contributed by atoms with Crippen LogP contribution in [0.1, 0.15) is 48.5 Å². The van der Waals surface area contributed by atoms with Gasteiger partial charge in [0.05, 0.1) is 10.8 Å². The molecular formula is C29H25NO6. The molecule has 182 valence electrons. The maximum absolute atomic E-state index is 13.6. The number of benzene rings is 3. The van der Waals surface area contributed by atoms with E-state index in [4.69, 9.17) is 9.47 Å². The van der Waals surface area contributed by atoms with E-state index in [1.807, 2.05) is 68.4 Å². The second-order valence-electron chi connectivity index (χ2n) is 9.95. The van der Waals surface area contributed by atoms with Gasteiger partial charge in [-0.3, -0.25) is 19.7 Å². The van der Waals surface area contributed by atoms with Crippen molar-refractivity contribution in [3.8, 4) is 11.5 Å². The molecule has 2 atom stereocenters. The number of nitro benzene ring substituents is 1. The summed E-state index contributed by atoms with van der Waals surface area (Å²) in [6.07, 6.45) is -0.0413. The van der Waals surface area contributed by atoms with Crippen LogP contribution in [0.25, 0.3) is 0 Å². The smallest absolute Gasteiger partial charge is 0.269 e. The highest BCUT2D eigenvalue weighted by Crippen LogP contribution is 2.50. The van der Waals surface area contributed by atoms with Crippen LogP contribution in [0.15, 0.2) is 90.2 Å². The molecule has 0 amide bonds. The Morgan fingerprint density at radius 2 is 1.67 bits per heavy atom. The highest BCUT2D eigenvalue weighted by atomic mass is 16.6. The van der Waals surface area contributed by atoms with Crippen molar-refractivity contribution in [3.63, 3.8) is 0 Å². The van der Waals surface area contributed by atoms with E-state index in [1.165, 1.54) is 24.3 Å². The summed E-state index contributed by atoms with van der Waals surface area (Å²) in [4.78, 5) is 37.5. The highest BCUT2D eigenvalue weighted by Gasteiger charge is 2.49. The quantitative estimate of drug-likeness (QED) is 0.229. The molecule has 0 aromatic heterocycles. The van der Waals surface area contributed by atoms with Gasteiger partial charge >= 0.3 is 0 Å². The maximum atomic E-state index is 13.6. The van der Waals surface area contributed by atoms with Crippen LogP contribution >= 0.6 is 0 Å². The zero-order chi connectivity index (χ0) is 25.4. The molecule has 0 saturated carbocycles. The number of para-hydroxylation sites is 1. The summed E-state index contributed by atoms with van der Waals surface area (Å²) in [7, 11) is 0. The van der Waals surface area contributed by atoms with Gasteiger partial charge in [-0.25, -0.2) is 0 Å². The molecule has 3 aromatic rings. The van der Waals surface area contributed by atoms with Gasteiger partial charge in [0, 0.05) is 36.1 Å². The first-order chi connectivity index (χ1) is 17.2. The monoisotopic (exact) mass is 483 g/mol. The summed E-state index contributed by atoms with van der Waals surface area (Å²) in [5, 5.41) is 11.0. The van der Waals surface area contributed by atoms with E-state index in [0.717, 1.165) is 5.56 Å². The van der Waals surface area contributed by atoms with Crippen molar-refractivity contribution in [2.75, 3.05) is 0 Å². The number of hydrogen-bond donors (Lipinski definition) is 0. The summed E-state index contributed by atoms with van der Waals surface area (Å²) >= 11 is 0. The zero-order valence-electron chi connectivity index (χ0n) is 20.0. The Hall–Kier alpha value is -4.26. The van der Waals surface area contributed by atoms with Crippen molar-refractivity contribution in [2.45, 2.75) is 38.7 Å². The molecule has 0 radical (unpaired) electrons. The lowest BCUT2D eigenvalue weighted by molar-refractivity contribution is -0.384. The van der Waals surface area contributed by atoms with Gasteiger partial charge in [-0.05, 0) is 47.4 Å². The van der Waals surface area contributed by atoms with Gasteiger partial charge in [0.25, 0.3) is 5.69 Å². The Labute approximate surface area is 208 Å². The molecule has 2 unspecified atom stereocenters. The molecule has 1 heterocycles. The van der Waals surface area contributed by atoms with Gasteiger partial charge < -0.3 is 9.47 Å². The molecule has 1 aliphatic heterocycles. The number of nitrogens with zero attached hydrogens (tertiary/aromatic N) is 1. The van der Waals surface area contributed by atoms with E-state index in [-0.39, 0.29) is 22.7 Å². The molecule has 5 rings (SSSR count). The highest BCUT2D eigenvalue weighted by molar-refractivity contribution is 6.05. The van der Waals surface area contributed by atoms with Gasteiger partial charge in [-0.15, -0.1) is 0 Å². The first-order valence-electron chi connectivity index (χ1n) is 11.8. The van der Waals surface area contributed by atoms with Crippen molar-refractivity contribution in [3.05, 3.63) is 111 Å². The van der Waals surface area contributed by atoms with E-state index in [0.29, 0.717) is 41.2 Å². The van der Waals surface area contributed by atoms with E-state index >= 15 is 0 Å². The van der Waals surface area contributed by atoms with Crippen LogP contribution in [0.5, 0.6) is 11.5 Å². The molecule has 0 bridgehead atoms. The fourth-order valence-electron chi connectivity index (χ4n) is 4.96.